The highest BCUT2D eigenvalue weighted by atomic mass is 16.5. The molecule has 2 rings (SSSR count). The van der Waals surface area contributed by atoms with E-state index in [9.17, 15) is 4.79 Å². The number of esters is 1. The monoisotopic (exact) mass is 211 g/mol. The fourth-order valence-electron chi connectivity index (χ4n) is 3.22. The van der Waals surface area contributed by atoms with Crippen molar-refractivity contribution in [1.82, 2.24) is 5.32 Å². The first-order valence-electron chi connectivity index (χ1n) is 6.13. The van der Waals surface area contributed by atoms with Crippen LogP contribution >= 0.6 is 0 Å². The Morgan fingerprint density at radius 3 is 2.53 bits per heavy atom. The maximum absolute atomic E-state index is 12.0. The molecule has 0 spiro atoms. The molecule has 0 radical (unpaired) electrons. The zero-order chi connectivity index (χ0) is 10.7. The second-order valence-corrected chi connectivity index (χ2v) is 4.83. The molecule has 0 bridgehead atoms. The lowest BCUT2D eigenvalue weighted by Gasteiger charge is -2.40. The molecule has 3 nitrogen and oxygen atoms in total. The number of nitrogens with one attached hydrogen (secondary N) is 1. The van der Waals surface area contributed by atoms with Crippen LogP contribution in [0.1, 0.15) is 44.9 Å². The molecule has 86 valence electrons. The molecule has 0 aromatic carbocycles. The predicted octanol–water partition coefficient (Wildman–Crippen LogP) is 1.86. The minimum Gasteiger partial charge on any atom is -0.468 e. The van der Waals surface area contributed by atoms with Gasteiger partial charge in [-0.3, -0.25) is 4.79 Å². The zero-order valence-electron chi connectivity index (χ0n) is 9.55. The molecule has 15 heavy (non-hydrogen) atoms. The lowest BCUT2D eigenvalue weighted by Crippen LogP contribution is -2.59. The summed E-state index contributed by atoms with van der Waals surface area (Å²) in [6, 6.07) is 0. The second-order valence-electron chi connectivity index (χ2n) is 4.83. The minimum absolute atomic E-state index is 0.0332. The summed E-state index contributed by atoms with van der Waals surface area (Å²) in [5, 5.41) is 3.45. The van der Waals surface area contributed by atoms with E-state index in [1.165, 1.54) is 39.2 Å². The van der Waals surface area contributed by atoms with Crippen molar-refractivity contribution in [3.05, 3.63) is 0 Å². The van der Waals surface area contributed by atoms with Crippen LogP contribution < -0.4 is 5.32 Å². The summed E-state index contributed by atoms with van der Waals surface area (Å²) in [6.45, 7) is 0.964. The van der Waals surface area contributed by atoms with Crippen LogP contribution in [0.4, 0.5) is 0 Å². The molecule has 1 unspecified atom stereocenters. The maximum Gasteiger partial charge on any atom is 0.326 e. The van der Waals surface area contributed by atoms with Crippen LogP contribution in [0.3, 0.4) is 0 Å². The molecule has 0 aromatic heterocycles. The quantitative estimate of drug-likeness (QED) is 0.709. The molecule has 1 aliphatic heterocycles. The van der Waals surface area contributed by atoms with Gasteiger partial charge >= 0.3 is 5.97 Å². The molecule has 0 amide bonds. The van der Waals surface area contributed by atoms with E-state index in [1.807, 2.05) is 0 Å². The topological polar surface area (TPSA) is 38.3 Å². The number of rotatable bonds is 2. The summed E-state index contributed by atoms with van der Waals surface area (Å²) in [6.07, 6.45) is 8.20. The second kappa shape index (κ2) is 4.52. The van der Waals surface area contributed by atoms with Crippen molar-refractivity contribution in [2.45, 2.75) is 50.5 Å². The Hall–Kier alpha value is -0.570. The number of hydrogen-bond acceptors (Lipinski definition) is 3. The number of piperidine rings is 1. The van der Waals surface area contributed by atoms with Crippen LogP contribution in [0.2, 0.25) is 0 Å². The van der Waals surface area contributed by atoms with E-state index in [1.54, 1.807) is 0 Å². The van der Waals surface area contributed by atoms with E-state index in [0.717, 1.165) is 19.4 Å². The Kier molecular flexibility index (Phi) is 3.29. The smallest absolute Gasteiger partial charge is 0.326 e. The first kappa shape index (κ1) is 10.9. The third kappa shape index (κ3) is 1.89. The van der Waals surface area contributed by atoms with Gasteiger partial charge in [-0.15, -0.1) is 0 Å². The lowest BCUT2D eigenvalue weighted by atomic mass is 9.76. The van der Waals surface area contributed by atoms with Gasteiger partial charge < -0.3 is 10.1 Å². The predicted molar refractivity (Wildman–Crippen MR) is 58.6 cm³/mol. The molecule has 1 aliphatic carbocycles. The molecular formula is C12H21NO2. The largest absolute Gasteiger partial charge is 0.468 e. The summed E-state index contributed by atoms with van der Waals surface area (Å²) in [7, 11) is 1.51. The fourth-order valence-corrected chi connectivity index (χ4v) is 3.22. The Labute approximate surface area is 91.6 Å². The molecule has 0 aromatic rings. The van der Waals surface area contributed by atoms with Crippen LogP contribution in [-0.4, -0.2) is 25.2 Å². The summed E-state index contributed by atoms with van der Waals surface area (Å²) in [4.78, 5) is 12.0. The van der Waals surface area contributed by atoms with Crippen molar-refractivity contribution < 1.29 is 9.53 Å². The average molecular weight is 211 g/mol. The molecule has 1 saturated carbocycles. The highest BCUT2D eigenvalue weighted by molar-refractivity contribution is 5.81. The first-order valence-corrected chi connectivity index (χ1v) is 6.13. The molecule has 2 aliphatic rings. The van der Waals surface area contributed by atoms with E-state index in [-0.39, 0.29) is 11.5 Å². The van der Waals surface area contributed by atoms with Crippen molar-refractivity contribution in [1.29, 1.82) is 0 Å². The Morgan fingerprint density at radius 2 is 2.00 bits per heavy atom. The van der Waals surface area contributed by atoms with E-state index < -0.39 is 0 Å². The average Bonchev–Trinajstić information content (AvgIpc) is 2.83. The van der Waals surface area contributed by atoms with Gasteiger partial charge in [-0.1, -0.05) is 12.8 Å². The van der Waals surface area contributed by atoms with Crippen molar-refractivity contribution in [3.8, 4) is 0 Å². The Bertz CT molecular complexity index is 228. The van der Waals surface area contributed by atoms with Gasteiger partial charge in [-0.25, -0.2) is 0 Å². The van der Waals surface area contributed by atoms with Crippen LogP contribution in [0, 0.1) is 5.92 Å². The third-order valence-corrected chi connectivity index (χ3v) is 4.04. The molecular weight excluding hydrogens is 190 g/mol. The number of carbonyl (C=O) groups excluding carboxylic acids is 1. The summed E-state index contributed by atoms with van der Waals surface area (Å²) in [5.74, 6) is 0.472. The number of carbonyl (C=O) groups is 1. The SMILES string of the molecule is COC(=O)C1(C2CCCC2)CCCCN1. The van der Waals surface area contributed by atoms with E-state index >= 15 is 0 Å². The normalized spacial score (nSPS) is 32.9. The van der Waals surface area contributed by atoms with Gasteiger partial charge in [0.25, 0.3) is 0 Å². The highest BCUT2D eigenvalue weighted by Crippen LogP contribution is 2.39. The van der Waals surface area contributed by atoms with Crippen molar-refractivity contribution >= 4 is 5.97 Å². The van der Waals surface area contributed by atoms with Crippen LogP contribution in [0.5, 0.6) is 0 Å². The molecule has 1 heterocycles. The molecule has 1 atom stereocenters. The fraction of sp³-hybridized carbons (Fsp3) is 0.917. The van der Waals surface area contributed by atoms with E-state index in [2.05, 4.69) is 5.32 Å². The third-order valence-electron chi connectivity index (χ3n) is 4.04. The minimum atomic E-state index is -0.344. The van der Waals surface area contributed by atoms with Gasteiger partial charge in [-0.05, 0) is 44.6 Å². The molecule has 2 fully saturated rings. The molecule has 3 heteroatoms. The summed E-state index contributed by atoms with van der Waals surface area (Å²) >= 11 is 0. The van der Waals surface area contributed by atoms with Gasteiger partial charge in [0.1, 0.15) is 5.54 Å². The summed E-state index contributed by atoms with van der Waals surface area (Å²) in [5.41, 5.74) is -0.344. The number of ether oxygens (including phenoxy) is 1. The van der Waals surface area contributed by atoms with E-state index in [0.29, 0.717) is 5.92 Å². The van der Waals surface area contributed by atoms with Gasteiger partial charge in [-0.2, -0.15) is 0 Å². The van der Waals surface area contributed by atoms with Crippen molar-refractivity contribution in [2.24, 2.45) is 5.92 Å². The number of methoxy groups -OCH3 is 1. The van der Waals surface area contributed by atoms with Crippen molar-refractivity contribution in [2.75, 3.05) is 13.7 Å². The van der Waals surface area contributed by atoms with Crippen molar-refractivity contribution in [3.63, 3.8) is 0 Å². The van der Waals surface area contributed by atoms with Gasteiger partial charge in [0, 0.05) is 0 Å². The first-order chi connectivity index (χ1) is 7.29. The van der Waals surface area contributed by atoms with Crippen LogP contribution in [0.15, 0.2) is 0 Å². The van der Waals surface area contributed by atoms with Gasteiger partial charge in [0.2, 0.25) is 0 Å². The Balaban J connectivity index is 2.16. The molecule has 1 saturated heterocycles. The van der Waals surface area contributed by atoms with Crippen LogP contribution in [0.25, 0.3) is 0 Å². The van der Waals surface area contributed by atoms with Gasteiger partial charge in [0.05, 0.1) is 7.11 Å². The highest BCUT2D eigenvalue weighted by Gasteiger charge is 2.47. The summed E-state index contributed by atoms with van der Waals surface area (Å²) < 4.78 is 5.00. The molecule has 1 N–H and O–H groups in total. The number of hydrogen-bond donors (Lipinski definition) is 1. The standard InChI is InChI=1S/C12H21NO2/c1-15-11(14)12(8-4-5-9-13-12)10-6-2-3-7-10/h10,13H,2-9H2,1H3. The zero-order valence-corrected chi connectivity index (χ0v) is 9.55. The van der Waals surface area contributed by atoms with Crippen LogP contribution in [-0.2, 0) is 9.53 Å². The Morgan fingerprint density at radius 1 is 1.27 bits per heavy atom. The lowest BCUT2D eigenvalue weighted by molar-refractivity contribution is -0.152. The van der Waals surface area contributed by atoms with E-state index in [4.69, 9.17) is 4.74 Å². The van der Waals surface area contributed by atoms with Gasteiger partial charge in [0.15, 0.2) is 0 Å². The maximum atomic E-state index is 12.0.